The molecule has 0 aliphatic carbocycles. The second-order valence-electron chi connectivity index (χ2n) is 7.49. The molecule has 0 saturated carbocycles. The SMILES string of the molecule is COc1ccc(CC(C)c2cnc3c(N)nc4ccccc4c3c2/C=C/C(=O)O)cc1. The molecule has 2 heterocycles. The van der Waals surface area contributed by atoms with Gasteiger partial charge in [0.05, 0.1) is 12.6 Å². The van der Waals surface area contributed by atoms with Crippen LogP contribution in [0.3, 0.4) is 0 Å². The first-order chi connectivity index (χ1) is 15.0. The molecule has 1 atom stereocenters. The van der Waals surface area contributed by atoms with Gasteiger partial charge in [-0.05, 0) is 53.3 Å². The van der Waals surface area contributed by atoms with E-state index < -0.39 is 5.97 Å². The molecular formula is C25H23N3O3. The number of hydrogen-bond donors (Lipinski definition) is 2. The van der Waals surface area contributed by atoms with Gasteiger partial charge in [0.2, 0.25) is 0 Å². The average Bonchev–Trinajstić information content (AvgIpc) is 2.77. The van der Waals surface area contributed by atoms with Gasteiger partial charge in [0.15, 0.2) is 5.82 Å². The summed E-state index contributed by atoms with van der Waals surface area (Å²) in [6.07, 6.45) is 5.34. The Bertz CT molecular complexity index is 1300. The molecule has 156 valence electrons. The van der Waals surface area contributed by atoms with Crippen molar-refractivity contribution in [2.75, 3.05) is 12.8 Å². The number of hydrogen-bond acceptors (Lipinski definition) is 5. The number of benzene rings is 2. The van der Waals surface area contributed by atoms with Gasteiger partial charge in [0.25, 0.3) is 0 Å². The van der Waals surface area contributed by atoms with Crippen LogP contribution in [0, 0.1) is 0 Å². The highest BCUT2D eigenvalue weighted by atomic mass is 16.5. The van der Waals surface area contributed by atoms with Crippen molar-refractivity contribution in [3.63, 3.8) is 0 Å². The predicted octanol–water partition coefficient (Wildman–Crippen LogP) is 4.82. The summed E-state index contributed by atoms with van der Waals surface area (Å²) in [4.78, 5) is 20.4. The third-order valence-electron chi connectivity index (χ3n) is 5.43. The summed E-state index contributed by atoms with van der Waals surface area (Å²) in [6, 6.07) is 15.6. The molecule has 0 amide bonds. The van der Waals surface area contributed by atoms with Crippen LogP contribution in [0.4, 0.5) is 5.82 Å². The van der Waals surface area contributed by atoms with Gasteiger partial charge in [0.1, 0.15) is 11.3 Å². The number of anilines is 1. The lowest BCUT2D eigenvalue weighted by atomic mass is 9.88. The third-order valence-corrected chi connectivity index (χ3v) is 5.43. The number of carboxylic acid groups (broad SMARTS) is 1. The Morgan fingerprint density at radius 2 is 1.94 bits per heavy atom. The van der Waals surface area contributed by atoms with Gasteiger partial charge in [-0.15, -0.1) is 0 Å². The quantitative estimate of drug-likeness (QED) is 0.347. The molecule has 1 unspecified atom stereocenters. The second kappa shape index (κ2) is 8.44. The summed E-state index contributed by atoms with van der Waals surface area (Å²) in [6.45, 7) is 2.11. The van der Waals surface area contributed by atoms with E-state index in [0.29, 0.717) is 11.3 Å². The molecule has 0 aliphatic rings. The standard InChI is InChI=1S/C25H23N3O3/c1-15(13-16-7-9-17(31-2)10-8-16)20-14-27-24-23(18(20)11-12-22(29)30)19-5-3-4-6-21(19)28-25(24)26/h3-12,14-15H,13H2,1-2H3,(H2,26,28)(H,29,30)/b12-11+. The summed E-state index contributed by atoms with van der Waals surface area (Å²) in [5.74, 6) is 0.216. The number of nitrogens with two attached hydrogens (primary N) is 1. The van der Waals surface area contributed by atoms with E-state index in [-0.39, 0.29) is 5.92 Å². The van der Waals surface area contributed by atoms with Crippen molar-refractivity contribution in [3.8, 4) is 5.75 Å². The summed E-state index contributed by atoms with van der Waals surface area (Å²) in [5.41, 5.74) is 10.4. The molecule has 6 heteroatoms. The Balaban J connectivity index is 1.90. The molecule has 0 bridgehead atoms. The lowest BCUT2D eigenvalue weighted by molar-refractivity contribution is -0.131. The number of rotatable bonds is 6. The van der Waals surface area contributed by atoms with Crippen molar-refractivity contribution in [2.45, 2.75) is 19.3 Å². The Morgan fingerprint density at radius 3 is 2.65 bits per heavy atom. The van der Waals surface area contributed by atoms with E-state index in [0.717, 1.165) is 51.2 Å². The zero-order valence-corrected chi connectivity index (χ0v) is 17.4. The number of carboxylic acids is 1. The van der Waals surface area contributed by atoms with E-state index in [1.807, 2.05) is 48.5 Å². The molecule has 0 aliphatic heterocycles. The molecule has 4 aromatic rings. The minimum absolute atomic E-state index is 0.0897. The number of para-hydroxylation sites is 1. The molecule has 3 N–H and O–H groups in total. The smallest absolute Gasteiger partial charge is 0.328 e. The first-order valence-corrected chi connectivity index (χ1v) is 9.98. The average molecular weight is 413 g/mol. The van der Waals surface area contributed by atoms with E-state index in [1.54, 1.807) is 19.4 Å². The highest BCUT2D eigenvalue weighted by Gasteiger charge is 2.18. The number of ether oxygens (including phenoxy) is 1. The monoisotopic (exact) mass is 413 g/mol. The maximum absolute atomic E-state index is 11.3. The molecule has 0 radical (unpaired) electrons. The van der Waals surface area contributed by atoms with Crippen molar-refractivity contribution in [2.24, 2.45) is 0 Å². The van der Waals surface area contributed by atoms with Gasteiger partial charge in [-0.2, -0.15) is 0 Å². The lowest BCUT2D eigenvalue weighted by Gasteiger charge is -2.18. The molecule has 0 saturated heterocycles. The van der Waals surface area contributed by atoms with Crippen LogP contribution in [0.2, 0.25) is 0 Å². The van der Waals surface area contributed by atoms with Crippen molar-refractivity contribution in [3.05, 3.63) is 77.5 Å². The molecule has 0 fully saturated rings. The van der Waals surface area contributed by atoms with Crippen LogP contribution in [0.5, 0.6) is 5.75 Å². The van der Waals surface area contributed by atoms with Crippen molar-refractivity contribution >= 4 is 39.7 Å². The highest BCUT2D eigenvalue weighted by Crippen LogP contribution is 2.35. The van der Waals surface area contributed by atoms with E-state index in [9.17, 15) is 9.90 Å². The first kappa shape index (κ1) is 20.3. The largest absolute Gasteiger partial charge is 0.497 e. The minimum Gasteiger partial charge on any atom is -0.497 e. The first-order valence-electron chi connectivity index (χ1n) is 9.98. The van der Waals surface area contributed by atoms with Crippen molar-refractivity contribution in [1.29, 1.82) is 0 Å². The summed E-state index contributed by atoms with van der Waals surface area (Å²) < 4.78 is 5.24. The van der Waals surface area contributed by atoms with E-state index >= 15 is 0 Å². The van der Waals surface area contributed by atoms with E-state index in [1.165, 1.54) is 0 Å². The van der Waals surface area contributed by atoms with Crippen LogP contribution in [-0.4, -0.2) is 28.2 Å². The van der Waals surface area contributed by atoms with Gasteiger partial charge in [-0.1, -0.05) is 37.3 Å². The second-order valence-corrected chi connectivity index (χ2v) is 7.49. The minimum atomic E-state index is -1.01. The van der Waals surface area contributed by atoms with Gasteiger partial charge < -0.3 is 15.6 Å². The number of nitrogens with zero attached hydrogens (tertiary/aromatic N) is 2. The molecule has 6 nitrogen and oxygen atoms in total. The van der Waals surface area contributed by atoms with E-state index in [2.05, 4.69) is 16.9 Å². The molecule has 4 rings (SSSR count). The third kappa shape index (κ3) is 4.05. The van der Waals surface area contributed by atoms with Crippen LogP contribution in [0.25, 0.3) is 27.9 Å². The van der Waals surface area contributed by atoms with Crippen LogP contribution >= 0.6 is 0 Å². The Kier molecular flexibility index (Phi) is 5.54. The van der Waals surface area contributed by atoms with Crippen LogP contribution in [0.1, 0.15) is 29.5 Å². The lowest BCUT2D eigenvalue weighted by Crippen LogP contribution is -2.05. The van der Waals surface area contributed by atoms with Crippen LogP contribution in [0.15, 0.2) is 60.8 Å². The number of carbonyl (C=O) groups is 1. The Morgan fingerprint density at radius 1 is 1.19 bits per heavy atom. The van der Waals surface area contributed by atoms with Gasteiger partial charge in [-0.3, -0.25) is 4.98 Å². The zero-order chi connectivity index (χ0) is 22.0. The summed E-state index contributed by atoms with van der Waals surface area (Å²) >= 11 is 0. The summed E-state index contributed by atoms with van der Waals surface area (Å²) in [7, 11) is 1.64. The van der Waals surface area contributed by atoms with Gasteiger partial charge >= 0.3 is 5.97 Å². The Hall–Kier alpha value is -3.93. The number of fused-ring (bicyclic) bond motifs is 3. The highest BCUT2D eigenvalue weighted by molar-refractivity contribution is 6.12. The summed E-state index contributed by atoms with van der Waals surface area (Å²) in [5, 5.41) is 11.0. The number of pyridine rings is 2. The number of nitrogen functional groups attached to an aromatic ring is 1. The van der Waals surface area contributed by atoms with Crippen LogP contribution < -0.4 is 10.5 Å². The van der Waals surface area contributed by atoms with Crippen molar-refractivity contribution < 1.29 is 14.6 Å². The van der Waals surface area contributed by atoms with Crippen molar-refractivity contribution in [1.82, 2.24) is 9.97 Å². The van der Waals surface area contributed by atoms with Crippen LogP contribution in [-0.2, 0) is 11.2 Å². The van der Waals surface area contributed by atoms with Gasteiger partial charge in [-0.25, -0.2) is 9.78 Å². The predicted molar refractivity (Wildman–Crippen MR) is 123 cm³/mol. The Labute approximate surface area is 180 Å². The number of methoxy groups -OCH3 is 1. The maximum atomic E-state index is 11.3. The fourth-order valence-electron chi connectivity index (χ4n) is 3.92. The number of aromatic nitrogens is 2. The van der Waals surface area contributed by atoms with Gasteiger partial charge in [0, 0.05) is 23.0 Å². The molecule has 31 heavy (non-hydrogen) atoms. The number of aliphatic carboxylic acids is 1. The zero-order valence-electron chi connectivity index (χ0n) is 17.4. The topological polar surface area (TPSA) is 98.3 Å². The maximum Gasteiger partial charge on any atom is 0.328 e. The fourth-order valence-corrected chi connectivity index (χ4v) is 3.92. The molecule has 2 aromatic carbocycles. The normalized spacial score (nSPS) is 12.5. The van der Waals surface area contributed by atoms with E-state index in [4.69, 9.17) is 10.5 Å². The molecule has 0 spiro atoms. The molecule has 2 aromatic heterocycles. The fraction of sp³-hybridized carbons (Fsp3) is 0.160. The molecular weight excluding hydrogens is 390 g/mol.